The number of ether oxygens (including phenoxy) is 2. The molecular weight excluding hydrogens is 250 g/mol. The van der Waals surface area contributed by atoms with Crippen LogP contribution in [0.1, 0.15) is 27.7 Å². The zero-order chi connectivity index (χ0) is 14.4. The minimum atomic E-state index is -0.910. The summed E-state index contributed by atoms with van der Waals surface area (Å²) in [4.78, 5) is 23.0. The molecule has 2 fully saturated rings. The van der Waals surface area contributed by atoms with Crippen LogP contribution in [-0.4, -0.2) is 42.0 Å². The molecule has 2 aliphatic rings. The van der Waals surface area contributed by atoms with Crippen molar-refractivity contribution < 1.29 is 24.2 Å². The molecule has 2 N–H and O–H groups in total. The summed E-state index contributed by atoms with van der Waals surface area (Å²) in [6.45, 7) is 8.02. The molecule has 1 amide bonds. The Bertz CT molecular complexity index is 404. The van der Waals surface area contributed by atoms with Crippen LogP contribution < -0.4 is 5.32 Å². The van der Waals surface area contributed by atoms with Gasteiger partial charge in [-0.1, -0.05) is 13.8 Å². The number of carbonyl (C=O) groups is 2. The number of carboxylic acid groups (broad SMARTS) is 1. The molecular formula is C13H21NO5. The summed E-state index contributed by atoms with van der Waals surface area (Å²) in [5, 5.41) is 11.8. The molecule has 3 atom stereocenters. The Morgan fingerprint density at radius 3 is 2.32 bits per heavy atom. The standard InChI is InChI=1S/C13H21NO5/c1-12(2)8(9(12)11(16)17)10(15)14-5-7-6-18-13(3,4)19-7/h7-9H,5-6H2,1-4H3,(H,14,15)(H,16,17). The van der Waals surface area contributed by atoms with Gasteiger partial charge in [0.2, 0.25) is 5.91 Å². The molecule has 0 aromatic heterocycles. The molecule has 1 aliphatic carbocycles. The van der Waals surface area contributed by atoms with Crippen molar-refractivity contribution in [3.05, 3.63) is 0 Å². The third kappa shape index (κ3) is 2.74. The van der Waals surface area contributed by atoms with Crippen LogP contribution in [0.5, 0.6) is 0 Å². The molecule has 1 saturated carbocycles. The van der Waals surface area contributed by atoms with Crippen LogP contribution in [0.3, 0.4) is 0 Å². The van der Waals surface area contributed by atoms with E-state index in [1.54, 1.807) is 13.8 Å². The maximum absolute atomic E-state index is 12.0. The summed E-state index contributed by atoms with van der Waals surface area (Å²) in [6, 6.07) is 0. The summed E-state index contributed by atoms with van der Waals surface area (Å²) >= 11 is 0. The summed E-state index contributed by atoms with van der Waals surface area (Å²) < 4.78 is 11.0. The molecule has 1 saturated heterocycles. The second kappa shape index (κ2) is 4.45. The minimum absolute atomic E-state index is 0.177. The van der Waals surface area contributed by atoms with Crippen molar-refractivity contribution in [2.75, 3.05) is 13.2 Å². The van der Waals surface area contributed by atoms with Gasteiger partial charge in [-0.15, -0.1) is 0 Å². The Hall–Kier alpha value is -1.14. The van der Waals surface area contributed by atoms with Gasteiger partial charge in [0.1, 0.15) is 6.10 Å². The highest BCUT2D eigenvalue weighted by Gasteiger charge is 2.65. The first-order valence-electron chi connectivity index (χ1n) is 6.47. The van der Waals surface area contributed by atoms with Gasteiger partial charge < -0.3 is 19.9 Å². The lowest BCUT2D eigenvalue weighted by atomic mass is 10.1. The van der Waals surface area contributed by atoms with E-state index in [9.17, 15) is 9.59 Å². The third-order valence-corrected chi connectivity index (χ3v) is 3.95. The lowest BCUT2D eigenvalue weighted by Gasteiger charge is -2.17. The van der Waals surface area contributed by atoms with Crippen LogP contribution in [0.2, 0.25) is 0 Å². The highest BCUT2D eigenvalue weighted by atomic mass is 16.7. The van der Waals surface area contributed by atoms with Crippen molar-refractivity contribution >= 4 is 11.9 Å². The van der Waals surface area contributed by atoms with Crippen LogP contribution in [0.15, 0.2) is 0 Å². The number of nitrogens with one attached hydrogen (secondary N) is 1. The quantitative estimate of drug-likeness (QED) is 0.782. The topological polar surface area (TPSA) is 84.9 Å². The van der Waals surface area contributed by atoms with Crippen molar-refractivity contribution in [2.24, 2.45) is 17.3 Å². The van der Waals surface area contributed by atoms with E-state index in [2.05, 4.69) is 5.32 Å². The molecule has 0 bridgehead atoms. The van der Waals surface area contributed by atoms with Crippen molar-refractivity contribution in [1.82, 2.24) is 5.32 Å². The maximum atomic E-state index is 12.0. The van der Waals surface area contributed by atoms with Gasteiger partial charge in [0.05, 0.1) is 18.4 Å². The third-order valence-electron chi connectivity index (χ3n) is 3.95. The van der Waals surface area contributed by atoms with Gasteiger partial charge in [-0.25, -0.2) is 0 Å². The van der Waals surface area contributed by atoms with Crippen molar-refractivity contribution in [2.45, 2.75) is 39.6 Å². The minimum Gasteiger partial charge on any atom is -0.481 e. The van der Waals surface area contributed by atoms with Crippen molar-refractivity contribution in [3.8, 4) is 0 Å². The summed E-state index contributed by atoms with van der Waals surface area (Å²) in [7, 11) is 0. The van der Waals surface area contributed by atoms with Gasteiger partial charge >= 0.3 is 5.97 Å². The number of hydrogen-bond acceptors (Lipinski definition) is 4. The van der Waals surface area contributed by atoms with Gasteiger partial charge in [-0.3, -0.25) is 9.59 Å². The molecule has 0 radical (unpaired) electrons. The Labute approximate surface area is 112 Å². The lowest BCUT2D eigenvalue weighted by Crippen LogP contribution is -2.36. The molecule has 108 valence electrons. The van der Waals surface area contributed by atoms with E-state index < -0.39 is 29.0 Å². The lowest BCUT2D eigenvalue weighted by molar-refractivity contribution is -0.141. The zero-order valence-corrected chi connectivity index (χ0v) is 11.7. The Balaban J connectivity index is 1.82. The fraction of sp³-hybridized carbons (Fsp3) is 0.846. The Morgan fingerprint density at radius 1 is 1.26 bits per heavy atom. The predicted octanol–water partition coefficient (Wildman–Crippen LogP) is 0.611. The van der Waals surface area contributed by atoms with E-state index in [-0.39, 0.29) is 12.0 Å². The van der Waals surface area contributed by atoms with E-state index >= 15 is 0 Å². The monoisotopic (exact) mass is 271 g/mol. The molecule has 2 rings (SSSR count). The van der Waals surface area contributed by atoms with Gasteiger partial charge in [0.25, 0.3) is 0 Å². The number of rotatable bonds is 4. The van der Waals surface area contributed by atoms with E-state index in [0.29, 0.717) is 13.2 Å². The molecule has 0 aromatic carbocycles. The molecule has 19 heavy (non-hydrogen) atoms. The zero-order valence-electron chi connectivity index (χ0n) is 11.7. The Morgan fingerprint density at radius 2 is 1.89 bits per heavy atom. The second-order valence-electron chi connectivity index (χ2n) is 6.31. The average Bonchev–Trinajstić information content (AvgIpc) is 2.67. The molecule has 3 unspecified atom stereocenters. The number of carbonyl (C=O) groups excluding carboxylic acids is 1. The van der Waals surface area contributed by atoms with E-state index in [1.807, 2.05) is 13.8 Å². The predicted molar refractivity (Wildman–Crippen MR) is 66.3 cm³/mol. The van der Waals surface area contributed by atoms with E-state index in [4.69, 9.17) is 14.6 Å². The van der Waals surface area contributed by atoms with Gasteiger partial charge in [0, 0.05) is 6.54 Å². The van der Waals surface area contributed by atoms with Crippen LogP contribution >= 0.6 is 0 Å². The van der Waals surface area contributed by atoms with E-state index in [1.165, 1.54) is 0 Å². The molecule has 0 aromatic rings. The number of aliphatic carboxylic acids is 1. The van der Waals surface area contributed by atoms with Crippen LogP contribution in [0.25, 0.3) is 0 Å². The van der Waals surface area contributed by atoms with Gasteiger partial charge in [0.15, 0.2) is 5.79 Å². The smallest absolute Gasteiger partial charge is 0.307 e. The summed E-state index contributed by atoms with van der Waals surface area (Å²) in [5.74, 6) is -2.79. The fourth-order valence-corrected chi connectivity index (χ4v) is 2.78. The number of hydrogen-bond donors (Lipinski definition) is 2. The number of amides is 1. The van der Waals surface area contributed by atoms with Crippen LogP contribution in [-0.2, 0) is 19.1 Å². The largest absolute Gasteiger partial charge is 0.481 e. The van der Waals surface area contributed by atoms with Crippen molar-refractivity contribution in [1.29, 1.82) is 0 Å². The normalized spacial score (nSPS) is 34.8. The van der Waals surface area contributed by atoms with Gasteiger partial charge in [-0.05, 0) is 19.3 Å². The first-order chi connectivity index (χ1) is 8.65. The summed E-state index contributed by atoms with van der Waals surface area (Å²) in [6.07, 6.45) is -0.177. The molecule has 6 nitrogen and oxygen atoms in total. The number of carboxylic acids is 1. The van der Waals surface area contributed by atoms with Crippen LogP contribution in [0.4, 0.5) is 0 Å². The molecule has 1 heterocycles. The van der Waals surface area contributed by atoms with Crippen LogP contribution in [0, 0.1) is 17.3 Å². The molecule has 0 spiro atoms. The van der Waals surface area contributed by atoms with E-state index in [0.717, 1.165) is 0 Å². The second-order valence-corrected chi connectivity index (χ2v) is 6.31. The van der Waals surface area contributed by atoms with Gasteiger partial charge in [-0.2, -0.15) is 0 Å². The highest BCUT2D eigenvalue weighted by Crippen LogP contribution is 2.58. The fourth-order valence-electron chi connectivity index (χ4n) is 2.78. The first kappa shape index (κ1) is 14.3. The highest BCUT2D eigenvalue weighted by molar-refractivity contribution is 5.91. The first-order valence-corrected chi connectivity index (χ1v) is 6.47. The summed E-state index contributed by atoms with van der Waals surface area (Å²) in [5.41, 5.74) is -0.470. The SMILES string of the molecule is CC1(C)OCC(CNC(=O)C2C(C(=O)O)C2(C)C)O1. The molecule has 6 heteroatoms. The average molecular weight is 271 g/mol. The Kier molecular flexibility index (Phi) is 3.35. The maximum Gasteiger partial charge on any atom is 0.307 e. The van der Waals surface area contributed by atoms with Crippen molar-refractivity contribution in [3.63, 3.8) is 0 Å². The molecule has 1 aliphatic heterocycles.